The molecule has 0 spiro atoms. The monoisotopic (exact) mass is 324 g/mol. The fourth-order valence-corrected chi connectivity index (χ4v) is 1.47. The Hall–Kier alpha value is -2.59. The number of nitro groups is 1. The third-order valence-electron chi connectivity index (χ3n) is 2.26. The molecular formula is C11H11F3N2O6. The maximum absolute atomic E-state index is 12.3. The molecule has 1 rings (SSSR count). The van der Waals surface area contributed by atoms with Crippen molar-refractivity contribution in [2.75, 3.05) is 13.7 Å². The van der Waals surface area contributed by atoms with Crippen LogP contribution in [0.25, 0.3) is 0 Å². The highest BCUT2D eigenvalue weighted by atomic mass is 19.4. The number of aromatic nitrogens is 1. The molecule has 0 saturated carbocycles. The standard InChI is InChI=1S/C11H11F3N2O6/c1-3-21-9(17)4-6-7(16(18)19)5-8(20-2)10(15-6)22-11(12,13)14/h5H,3-4H2,1-2H3. The van der Waals surface area contributed by atoms with E-state index in [1.165, 1.54) is 6.92 Å². The van der Waals surface area contributed by atoms with Crippen LogP contribution in [0, 0.1) is 10.1 Å². The van der Waals surface area contributed by atoms with Gasteiger partial charge in [0.05, 0.1) is 31.1 Å². The largest absolute Gasteiger partial charge is 0.574 e. The Morgan fingerprint density at radius 3 is 2.55 bits per heavy atom. The number of carbonyl (C=O) groups is 1. The second-order valence-corrected chi connectivity index (χ2v) is 3.75. The van der Waals surface area contributed by atoms with E-state index in [-0.39, 0.29) is 6.61 Å². The highest BCUT2D eigenvalue weighted by Crippen LogP contribution is 2.35. The van der Waals surface area contributed by atoms with Gasteiger partial charge in [0.25, 0.3) is 11.6 Å². The first-order valence-corrected chi connectivity index (χ1v) is 5.81. The summed E-state index contributed by atoms with van der Waals surface area (Å²) >= 11 is 0. The number of nitrogens with zero attached hydrogens (tertiary/aromatic N) is 2. The predicted molar refractivity (Wildman–Crippen MR) is 64.5 cm³/mol. The van der Waals surface area contributed by atoms with E-state index in [1.54, 1.807) is 0 Å². The average molecular weight is 324 g/mol. The fourth-order valence-electron chi connectivity index (χ4n) is 1.47. The first-order chi connectivity index (χ1) is 10.2. The molecule has 0 aliphatic heterocycles. The first kappa shape index (κ1) is 17.5. The summed E-state index contributed by atoms with van der Waals surface area (Å²) in [7, 11) is 0.995. The van der Waals surface area contributed by atoms with Crippen molar-refractivity contribution in [2.24, 2.45) is 0 Å². The molecule has 1 aromatic heterocycles. The first-order valence-electron chi connectivity index (χ1n) is 5.81. The number of methoxy groups -OCH3 is 1. The predicted octanol–water partition coefficient (Wildman–Crippen LogP) is 2.00. The molecule has 0 aliphatic carbocycles. The zero-order valence-electron chi connectivity index (χ0n) is 11.5. The number of esters is 1. The van der Waals surface area contributed by atoms with E-state index in [9.17, 15) is 28.1 Å². The lowest BCUT2D eigenvalue weighted by atomic mass is 10.2. The SMILES string of the molecule is CCOC(=O)Cc1nc(OC(F)(F)F)c(OC)cc1[N+](=O)[O-]. The molecule has 0 aliphatic rings. The van der Waals surface area contributed by atoms with Crippen molar-refractivity contribution in [1.82, 2.24) is 4.98 Å². The Labute approximate surface area is 121 Å². The van der Waals surface area contributed by atoms with Crippen LogP contribution in [-0.4, -0.2) is 36.0 Å². The smallest absolute Gasteiger partial charge is 0.491 e. The van der Waals surface area contributed by atoms with Gasteiger partial charge in [0.2, 0.25) is 0 Å². The second kappa shape index (κ2) is 6.91. The van der Waals surface area contributed by atoms with Crippen molar-refractivity contribution in [1.29, 1.82) is 0 Å². The van der Waals surface area contributed by atoms with Crippen LogP contribution in [0.15, 0.2) is 6.07 Å². The molecule has 1 heterocycles. The van der Waals surface area contributed by atoms with Gasteiger partial charge >= 0.3 is 12.3 Å². The molecule has 1 aromatic rings. The molecule has 0 atom stereocenters. The molecule has 0 unspecified atom stereocenters. The summed E-state index contributed by atoms with van der Waals surface area (Å²) in [6.07, 6.45) is -5.75. The molecule has 0 fully saturated rings. The van der Waals surface area contributed by atoms with Crippen LogP contribution in [0.5, 0.6) is 11.6 Å². The van der Waals surface area contributed by atoms with E-state index in [4.69, 9.17) is 0 Å². The molecule has 122 valence electrons. The third kappa shape index (κ3) is 4.75. The van der Waals surface area contributed by atoms with Crippen LogP contribution >= 0.6 is 0 Å². The number of rotatable bonds is 6. The minimum Gasteiger partial charge on any atom is -0.491 e. The van der Waals surface area contributed by atoms with Gasteiger partial charge < -0.3 is 14.2 Å². The van der Waals surface area contributed by atoms with Gasteiger partial charge in [-0.3, -0.25) is 14.9 Å². The topological polar surface area (TPSA) is 101 Å². The molecule has 0 amide bonds. The van der Waals surface area contributed by atoms with Gasteiger partial charge in [-0.1, -0.05) is 0 Å². The quantitative estimate of drug-likeness (QED) is 0.448. The summed E-state index contributed by atoms with van der Waals surface area (Å²) in [5.74, 6) is -2.49. The lowest BCUT2D eigenvalue weighted by Gasteiger charge is -2.12. The molecule has 0 aromatic carbocycles. The molecule has 8 nitrogen and oxygen atoms in total. The van der Waals surface area contributed by atoms with Gasteiger partial charge in [-0.05, 0) is 6.92 Å². The van der Waals surface area contributed by atoms with Crippen LogP contribution < -0.4 is 9.47 Å². The second-order valence-electron chi connectivity index (χ2n) is 3.75. The molecular weight excluding hydrogens is 313 g/mol. The fraction of sp³-hybridized carbons (Fsp3) is 0.455. The van der Waals surface area contributed by atoms with Crippen molar-refractivity contribution >= 4 is 11.7 Å². The van der Waals surface area contributed by atoms with Crippen LogP contribution in [0.1, 0.15) is 12.6 Å². The normalized spacial score (nSPS) is 11.0. The Bertz CT molecular complexity index is 576. The van der Waals surface area contributed by atoms with Gasteiger partial charge in [-0.2, -0.15) is 0 Å². The Morgan fingerprint density at radius 2 is 2.09 bits per heavy atom. The maximum Gasteiger partial charge on any atom is 0.574 e. The Morgan fingerprint density at radius 1 is 1.45 bits per heavy atom. The van der Waals surface area contributed by atoms with E-state index in [0.717, 1.165) is 7.11 Å². The molecule has 22 heavy (non-hydrogen) atoms. The highest BCUT2D eigenvalue weighted by Gasteiger charge is 2.35. The van der Waals surface area contributed by atoms with E-state index < -0.39 is 46.7 Å². The molecule has 0 saturated heterocycles. The molecule has 11 heteroatoms. The highest BCUT2D eigenvalue weighted by molar-refractivity contribution is 5.73. The maximum atomic E-state index is 12.3. The minimum absolute atomic E-state index is 0.00862. The summed E-state index contributed by atoms with van der Waals surface area (Å²) in [6.45, 7) is 1.51. The number of hydrogen-bond acceptors (Lipinski definition) is 7. The van der Waals surface area contributed by atoms with Gasteiger partial charge in [0.1, 0.15) is 5.69 Å². The number of ether oxygens (including phenoxy) is 3. The van der Waals surface area contributed by atoms with Crippen molar-refractivity contribution in [3.63, 3.8) is 0 Å². The number of hydrogen-bond donors (Lipinski definition) is 0. The summed E-state index contributed by atoms with van der Waals surface area (Å²) in [5, 5.41) is 10.9. The van der Waals surface area contributed by atoms with Gasteiger partial charge in [-0.25, -0.2) is 4.98 Å². The number of alkyl halides is 3. The van der Waals surface area contributed by atoms with Crippen LogP contribution in [0.2, 0.25) is 0 Å². The van der Waals surface area contributed by atoms with Crippen molar-refractivity contribution in [2.45, 2.75) is 19.7 Å². The third-order valence-corrected chi connectivity index (χ3v) is 2.26. The molecule has 0 bridgehead atoms. The van der Waals surface area contributed by atoms with Gasteiger partial charge in [0.15, 0.2) is 5.75 Å². The number of halogens is 3. The van der Waals surface area contributed by atoms with Crippen LogP contribution in [0.3, 0.4) is 0 Å². The Kier molecular flexibility index (Phi) is 5.49. The summed E-state index contributed by atoms with van der Waals surface area (Å²) < 4.78 is 49.7. The van der Waals surface area contributed by atoms with Crippen LogP contribution in [0.4, 0.5) is 18.9 Å². The molecule has 0 N–H and O–H groups in total. The van der Waals surface area contributed by atoms with Crippen molar-refractivity contribution in [3.05, 3.63) is 21.9 Å². The summed E-state index contributed by atoms with van der Waals surface area (Å²) in [6, 6.07) is 0.697. The van der Waals surface area contributed by atoms with Gasteiger partial charge in [0, 0.05) is 0 Å². The Balaban J connectivity index is 3.29. The zero-order valence-corrected chi connectivity index (χ0v) is 11.5. The number of pyridine rings is 1. The van der Waals surface area contributed by atoms with Gasteiger partial charge in [-0.15, -0.1) is 13.2 Å². The summed E-state index contributed by atoms with van der Waals surface area (Å²) in [4.78, 5) is 24.7. The summed E-state index contributed by atoms with van der Waals surface area (Å²) in [5.41, 5.74) is -1.21. The minimum atomic E-state index is -5.07. The lowest BCUT2D eigenvalue weighted by molar-refractivity contribution is -0.386. The van der Waals surface area contributed by atoms with E-state index in [0.29, 0.717) is 6.07 Å². The van der Waals surface area contributed by atoms with Crippen molar-refractivity contribution in [3.8, 4) is 11.6 Å². The van der Waals surface area contributed by atoms with E-state index in [1.807, 2.05) is 0 Å². The van der Waals surface area contributed by atoms with Crippen LogP contribution in [-0.2, 0) is 16.0 Å². The van der Waals surface area contributed by atoms with E-state index >= 15 is 0 Å². The van der Waals surface area contributed by atoms with Crippen molar-refractivity contribution < 1.29 is 37.1 Å². The number of carbonyl (C=O) groups excluding carboxylic acids is 1. The molecule has 0 radical (unpaired) electrons. The average Bonchev–Trinajstić information content (AvgIpc) is 2.36. The van der Waals surface area contributed by atoms with E-state index in [2.05, 4.69) is 19.2 Å². The lowest BCUT2D eigenvalue weighted by Crippen LogP contribution is -2.19. The zero-order chi connectivity index (χ0) is 16.9.